The van der Waals surface area contributed by atoms with Crippen molar-refractivity contribution in [3.8, 4) is 0 Å². The van der Waals surface area contributed by atoms with E-state index in [0.717, 1.165) is 32.1 Å². The van der Waals surface area contributed by atoms with E-state index in [9.17, 15) is 8.42 Å². The van der Waals surface area contributed by atoms with Gasteiger partial charge >= 0.3 is 0 Å². The monoisotopic (exact) mass is 294 g/mol. The van der Waals surface area contributed by atoms with Crippen LogP contribution in [0, 0.1) is 0 Å². The molecule has 116 valence electrons. The van der Waals surface area contributed by atoms with Gasteiger partial charge in [-0.2, -0.15) is 8.42 Å². The van der Waals surface area contributed by atoms with Gasteiger partial charge in [-0.05, 0) is 19.8 Å². The van der Waals surface area contributed by atoms with Crippen molar-refractivity contribution >= 4 is 10.1 Å². The van der Waals surface area contributed by atoms with E-state index in [-0.39, 0.29) is 11.9 Å². The van der Waals surface area contributed by atoms with Gasteiger partial charge in [0, 0.05) is 0 Å². The third kappa shape index (κ3) is 17.9. The van der Waals surface area contributed by atoms with Crippen LogP contribution in [0.1, 0.15) is 77.6 Å². The first kappa shape index (κ1) is 18.9. The molecule has 0 amide bonds. The van der Waals surface area contributed by atoms with Crippen LogP contribution in [0.4, 0.5) is 0 Å². The van der Waals surface area contributed by atoms with Gasteiger partial charge in [0.2, 0.25) is 0 Å². The molecule has 0 heterocycles. The Morgan fingerprint density at radius 3 is 1.53 bits per heavy atom. The van der Waals surface area contributed by atoms with Crippen LogP contribution in [0.15, 0.2) is 0 Å². The van der Waals surface area contributed by atoms with Gasteiger partial charge < -0.3 is 5.11 Å². The second kappa shape index (κ2) is 11.7. The Kier molecular flexibility index (Phi) is 11.6. The summed E-state index contributed by atoms with van der Waals surface area (Å²) in [6, 6.07) is 0. The molecular weight excluding hydrogens is 264 g/mol. The van der Waals surface area contributed by atoms with E-state index < -0.39 is 10.1 Å². The van der Waals surface area contributed by atoms with Gasteiger partial charge in [-0.25, -0.2) is 0 Å². The molecular formula is C14H30O4S. The molecule has 0 bridgehead atoms. The van der Waals surface area contributed by atoms with Gasteiger partial charge in [0.05, 0.1) is 11.9 Å². The minimum absolute atomic E-state index is 0.101. The molecule has 0 spiro atoms. The van der Waals surface area contributed by atoms with E-state index in [1.165, 1.54) is 32.1 Å². The van der Waals surface area contributed by atoms with Crippen LogP contribution in [0.2, 0.25) is 0 Å². The molecule has 0 aromatic heterocycles. The van der Waals surface area contributed by atoms with E-state index in [1.54, 1.807) is 0 Å². The minimum atomic E-state index is -3.76. The van der Waals surface area contributed by atoms with Crippen molar-refractivity contribution in [2.45, 2.75) is 83.7 Å². The SMILES string of the molecule is CC(O)CCCCCCCCCCCCS(=O)(=O)O. The highest BCUT2D eigenvalue weighted by Crippen LogP contribution is 2.12. The quantitative estimate of drug-likeness (QED) is 0.402. The summed E-state index contributed by atoms with van der Waals surface area (Å²) in [4.78, 5) is 0. The fraction of sp³-hybridized carbons (Fsp3) is 1.00. The van der Waals surface area contributed by atoms with Gasteiger partial charge in [0.1, 0.15) is 0 Å². The summed E-state index contributed by atoms with van der Waals surface area (Å²) >= 11 is 0. The summed E-state index contributed by atoms with van der Waals surface area (Å²) in [6.07, 6.45) is 11.7. The van der Waals surface area contributed by atoms with Crippen molar-refractivity contribution in [2.75, 3.05) is 5.75 Å². The molecule has 0 saturated carbocycles. The average molecular weight is 294 g/mol. The number of hydrogen-bond acceptors (Lipinski definition) is 3. The fourth-order valence-corrected chi connectivity index (χ4v) is 2.71. The smallest absolute Gasteiger partial charge is 0.264 e. The fourth-order valence-electron chi connectivity index (χ4n) is 2.14. The number of aliphatic hydroxyl groups excluding tert-OH is 1. The third-order valence-electron chi connectivity index (χ3n) is 3.27. The van der Waals surface area contributed by atoms with Crippen molar-refractivity contribution in [3.05, 3.63) is 0 Å². The maximum Gasteiger partial charge on any atom is 0.264 e. The maximum atomic E-state index is 10.5. The molecule has 1 atom stereocenters. The van der Waals surface area contributed by atoms with Crippen LogP contribution < -0.4 is 0 Å². The van der Waals surface area contributed by atoms with Crippen LogP contribution in [0.25, 0.3) is 0 Å². The average Bonchev–Trinajstić information content (AvgIpc) is 2.28. The molecule has 0 aliphatic rings. The Labute approximate surface area is 118 Å². The largest absolute Gasteiger partial charge is 0.393 e. The lowest BCUT2D eigenvalue weighted by atomic mass is 10.1. The minimum Gasteiger partial charge on any atom is -0.393 e. The highest BCUT2D eigenvalue weighted by molar-refractivity contribution is 7.85. The molecule has 0 aromatic rings. The van der Waals surface area contributed by atoms with Gasteiger partial charge in [0.15, 0.2) is 0 Å². The summed E-state index contributed by atoms with van der Waals surface area (Å²) in [6.45, 7) is 1.84. The molecule has 0 radical (unpaired) electrons. The molecule has 5 heteroatoms. The van der Waals surface area contributed by atoms with Crippen molar-refractivity contribution in [1.29, 1.82) is 0 Å². The summed E-state index contributed by atoms with van der Waals surface area (Å²) < 4.78 is 29.5. The molecule has 0 aliphatic heterocycles. The molecule has 2 N–H and O–H groups in total. The normalized spacial score (nSPS) is 13.6. The Balaban J connectivity index is 3.07. The lowest BCUT2D eigenvalue weighted by Crippen LogP contribution is -2.03. The van der Waals surface area contributed by atoms with Crippen LogP contribution >= 0.6 is 0 Å². The summed E-state index contributed by atoms with van der Waals surface area (Å²) in [7, 11) is -3.76. The van der Waals surface area contributed by atoms with Gasteiger partial charge in [-0.15, -0.1) is 0 Å². The highest BCUT2D eigenvalue weighted by Gasteiger charge is 2.02. The lowest BCUT2D eigenvalue weighted by molar-refractivity contribution is 0.180. The zero-order chi connectivity index (χ0) is 14.6. The van der Waals surface area contributed by atoms with Crippen molar-refractivity contribution in [1.82, 2.24) is 0 Å². The molecule has 0 fully saturated rings. The zero-order valence-corrected chi connectivity index (χ0v) is 13.0. The van der Waals surface area contributed by atoms with E-state index >= 15 is 0 Å². The van der Waals surface area contributed by atoms with Crippen molar-refractivity contribution < 1.29 is 18.1 Å². The summed E-state index contributed by atoms with van der Waals surface area (Å²) in [5.41, 5.74) is 0. The first-order chi connectivity index (χ1) is 8.92. The first-order valence-electron chi connectivity index (χ1n) is 7.55. The van der Waals surface area contributed by atoms with Crippen LogP contribution in [-0.4, -0.2) is 29.9 Å². The second-order valence-electron chi connectivity index (χ2n) is 5.46. The van der Waals surface area contributed by atoms with Crippen LogP contribution in [0.5, 0.6) is 0 Å². The Morgan fingerprint density at radius 1 is 0.789 bits per heavy atom. The Bertz CT molecular complexity index is 286. The summed E-state index contributed by atoms with van der Waals surface area (Å²) in [5.74, 6) is -0.101. The standard InChI is InChI=1S/C14H30O4S/c1-14(15)12-10-8-6-4-2-3-5-7-9-11-13-19(16,17)18/h14-15H,2-13H2,1H3,(H,16,17,18). The van der Waals surface area contributed by atoms with Crippen molar-refractivity contribution in [2.24, 2.45) is 0 Å². The van der Waals surface area contributed by atoms with E-state index in [0.29, 0.717) is 6.42 Å². The molecule has 0 rings (SSSR count). The molecule has 0 aliphatic carbocycles. The van der Waals surface area contributed by atoms with E-state index in [1.807, 2.05) is 6.92 Å². The van der Waals surface area contributed by atoms with E-state index in [2.05, 4.69) is 0 Å². The maximum absolute atomic E-state index is 10.5. The molecule has 4 nitrogen and oxygen atoms in total. The molecule has 19 heavy (non-hydrogen) atoms. The predicted octanol–water partition coefficient (Wildman–Crippen LogP) is 3.55. The van der Waals surface area contributed by atoms with Gasteiger partial charge in [-0.3, -0.25) is 4.55 Å². The Hall–Kier alpha value is -0.130. The lowest BCUT2D eigenvalue weighted by Gasteiger charge is -2.04. The number of unbranched alkanes of at least 4 members (excludes halogenated alkanes) is 9. The van der Waals surface area contributed by atoms with Gasteiger partial charge in [0.25, 0.3) is 10.1 Å². The predicted molar refractivity (Wildman–Crippen MR) is 78.9 cm³/mol. The van der Waals surface area contributed by atoms with E-state index in [4.69, 9.17) is 9.66 Å². The highest BCUT2D eigenvalue weighted by atomic mass is 32.2. The van der Waals surface area contributed by atoms with Gasteiger partial charge in [-0.1, -0.05) is 57.8 Å². The third-order valence-corrected chi connectivity index (χ3v) is 4.08. The number of hydrogen-bond donors (Lipinski definition) is 2. The first-order valence-corrected chi connectivity index (χ1v) is 9.16. The molecule has 0 aromatic carbocycles. The number of aliphatic hydroxyl groups is 1. The van der Waals surface area contributed by atoms with Crippen molar-refractivity contribution in [3.63, 3.8) is 0 Å². The second-order valence-corrected chi connectivity index (χ2v) is 7.03. The molecule has 0 saturated heterocycles. The Morgan fingerprint density at radius 2 is 1.16 bits per heavy atom. The zero-order valence-electron chi connectivity index (χ0n) is 12.2. The number of rotatable bonds is 13. The summed E-state index contributed by atoms with van der Waals surface area (Å²) in [5, 5.41) is 9.09. The van der Waals surface area contributed by atoms with Crippen LogP contribution in [0.3, 0.4) is 0 Å². The molecule has 1 unspecified atom stereocenters. The topological polar surface area (TPSA) is 74.6 Å². The van der Waals surface area contributed by atoms with Crippen LogP contribution in [-0.2, 0) is 10.1 Å².